The smallest absolute Gasteiger partial charge is 0.161 e. The lowest BCUT2D eigenvalue weighted by Crippen LogP contribution is -1.98. The van der Waals surface area contributed by atoms with Gasteiger partial charge in [-0.3, -0.25) is 9.97 Å². The Morgan fingerprint density at radius 2 is 1.54 bits per heavy atom. The monoisotopic (exact) mass is 344 g/mol. The Bertz CT molecular complexity index is 1100. The van der Waals surface area contributed by atoms with Crippen molar-refractivity contribution in [2.45, 2.75) is 13.3 Å². The third-order valence-electron chi connectivity index (χ3n) is 4.79. The minimum atomic E-state index is 0.719. The molecule has 2 aromatic heterocycles. The van der Waals surface area contributed by atoms with Gasteiger partial charge in [0.1, 0.15) is 0 Å². The van der Waals surface area contributed by atoms with Gasteiger partial charge in [-0.15, -0.1) is 0 Å². The van der Waals surface area contributed by atoms with E-state index in [4.69, 9.17) is 9.47 Å². The summed E-state index contributed by atoms with van der Waals surface area (Å²) < 4.78 is 11.0. The Morgan fingerprint density at radius 1 is 0.808 bits per heavy atom. The molecule has 0 bridgehead atoms. The molecule has 0 amide bonds. The number of methoxy groups -OCH3 is 2. The molecule has 2 heterocycles. The van der Waals surface area contributed by atoms with Crippen LogP contribution in [0, 0.1) is 6.92 Å². The van der Waals surface area contributed by atoms with E-state index in [-0.39, 0.29) is 0 Å². The predicted molar refractivity (Wildman–Crippen MR) is 104 cm³/mol. The van der Waals surface area contributed by atoms with Crippen molar-refractivity contribution >= 4 is 21.7 Å². The Kier molecular flexibility index (Phi) is 4.17. The van der Waals surface area contributed by atoms with Crippen LogP contribution in [0.2, 0.25) is 0 Å². The van der Waals surface area contributed by atoms with Crippen molar-refractivity contribution in [1.29, 1.82) is 0 Å². The van der Waals surface area contributed by atoms with Crippen LogP contribution in [0.1, 0.15) is 16.8 Å². The number of pyridine rings is 2. The third-order valence-corrected chi connectivity index (χ3v) is 4.79. The molecule has 2 aromatic carbocycles. The van der Waals surface area contributed by atoms with E-state index in [9.17, 15) is 0 Å². The molecule has 4 nitrogen and oxygen atoms in total. The number of ether oxygens (including phenoxy) is 2. The SMILES string of the molecule is COc1cc2c(Cc3ccnc4ccccc34)cnc(C)c2cc1OC. The van der Waals surface area contributed by atoms with E-state index < -0.39 is 0 Å². The van der Waals surface area contributed by atoms with Crippen molar-refractivity contribution in [2.75, 3.05) is 14.2 Å². The molecule has 4 rings (SSSR count). The highest BCUT2D eigenvalue weighted by atomic mass is 16.5. The molecule has 0 radical (unpaired) electrons. The van der Waals surface area contributed by atoms with E-state index in [1.807, 2.05) is 49.6 Å². The third kappa shape index (κ3) is 2.73. The van der Waals surface area contributed by atoms with Gasteiger partial charge >= 0.3 is 0 Å². The van der Waals surface area contributed by atoms with Gasteiger partial charge in [-0.1, -0.05) is 18.2 Å². The number of fused-ring (bicyclic) bond motifs is 2. The lowest BCUT2D eigenvalue weighted by atomic mass is 9.97. The van der Waals surface area contributed by atoms with E-state index in [0.29, 0.717) is 0 Å². The van der Waals surface area contributed by atoms with Gasteiger partial charge in [-0.25, -0.2) is 0 Å². The fourth-order valence-corrected chi connectivity index (χ4v) is 3.41. The minimum absolute atomic E-state index is 0.719. The molecule has 0 saturated carbocycles. The van der Waals surface area contributed by atoms with Gasteiger partial charge in [0.2, 0.25) is 0 Å². The summed E-state index contributed by atoms with van der Waals surface area (Å²) in [5.41, 5.74) is 4.37. The zero-order valence-electron chi connectivity index (χ0n) is 15.1. The fraction of sp³-hybridized carbons (Fsp3) is 0.182. The molecule has 26 heavy (non-hydrogen) atoms. The van der Waals surface area contributed by atoms with Crippen LogP contribution in [-0.2, 0) is 6.42 Å². The highest BCUT2D eigenvalue weighted by Gasteiger charge is 2.13. The molecule has 0 unspecified atom stereocenters. The van der Waals surface area contributed by atoms with Gasteiger partial charge in [0.05, 0.1) is 19.7 Å². The average molecular weight is 344 g/mol. The average Bonchev–Trinajstić information content (AvgIpc) is 2.69. The van der Waals surface area contributed by atoms with Crippen LogP contribution in [0.4, 0.5) is 0 Å². The quantitative estimate of drug-likeness (QED) is 0.538. The predicted octanol–water partition coefficient (Wildman–Crippen LogP) is 4.70. The zero-order chi connectivity index (χ0) is 18.1. The molecule has 4 aromatic rings. The van der Waals surface area contributed by atoms with Gasteiger partial charge in [-0.05, 0) is 47.7 Å². The number of hydrogen-bond acceptors (Lipinski definition) is 4. The van der Waals surface area contributed by atoms with Crippen molar-refractivity contribution in [3.63, 3.8) is 0 Å². The largest absolute Gasteiger partial charge is 0.493 e. The summed E-state index contributed by atoms with van der Waals surface area (Å²) in [6.45, 7) is 2.01. The van der Waals surface area contributed by atoms with E-state index in [0.717, 1.165) is 45.5 Å². The molecule has 0 saturated heterocycles. The van der Waals surface area contributed by atoms with Crippen molar-refractivity contribution in [1.82, 2.24) is 9.97 Å². The maximum atomic E-state index is 5.50. The van der Waals surface area contributed by atoms with Crippen LogP contribution in [-0.4, -0.2) is 24.2 Å². The number of aromatic nitrogens is 2. The summed E-state index contributed by atoms with van der Waals surface area (Å²) in [5.74, 6) is 1.45. The molecule has 0 aliphatic carbocycles. The molecule has 0 fully saturated rings. The Morgan fingerprint density at radius 3 is 2.31 bits per heavy atom. The van der Waals surface area contributed by atoms with Gasteiger partial charge < -0.3 is 9.47 Å². The summed E-state index contributed by atoms with van der Waals surface area (Å²) in [5, 5.41) is 3.39. The van der Waals surface area contributed by atoms with E-state index in [2.05, 4.69) is 22.1 Å². The molecule has 0 aliphatic heterocycles. The maximum absolute atomic E-state index is 5.50. The first kappa shape index (κ1) is 16.3. The summed E-state index contributed by atoms with van der Waals surface area (Å²) in [4.78, 5) is 9.06. The lowest BCUT2D eigenvalue weighted by Gasteiger charge is -2.14. The first-order valence-corrected chi connectivity index (χ1v) is 8.54. The molecule has 130 valence electrons. The van der Waals surface area contributed by atoms with E-state index in [1.54, 1.807) is 14.2 Å². The lowest BCUT2D eigenvalue weighted by molar-refractivity contribution is 0.356. The van der Waals surface area contributed by atoms with Crippen LogP contribution < -0.4 is 9.47 Å². The molecular formula is C22H20N2O2. The van der Waals surface area contributed by atoms with Gasteiger partial charge in [-0.2, -0.15) is 0 Å². The summed E-state index contributed by atoms with van der Waals surface area (Å²) in [7, 11) is 3.31. The maximum Gasteiger partial charge on any atom is 0.161 e. The Hall–Kier alpha value is -3.14. The zero-order valence-corrected chi connectivity index (χ0v) is 15.1. The van der Waals surface area contributed by atoms with Crippen LogP contribution in [0.15, 0.2) is 54.9 Å². The highest BCUT2D eigenvalue weighted by Crippen LogP contribution is 2.35. The molecule has 0 atom stereocenters. The van der Waals surface area contributed by atoms with Crippen LogP contribution in [0.3, 0.4) is 0 Å². The van der Waals surface area contributed by atoms with Gasteiger partial charge in [0.15, 0.2) is 11.5 Å². The van der Waals surface area contributed by atoms with Crippen molar-refractivity contribution in [3.8, 4) is 11.5 Å². The number of para-hydroxylation sites is 1. The second-order valence-electron chi connectivity index (χ2n) is 6.29. The Balaban J connectivity index is 1.90. The standard InChI is InChI=1S/C22H20N2O2/c1-14-18-11-21(25-2)22(26-3)12-19(18)16(13-24-14)10-15-8-9-23-20-7-5-4-6-17(15)20/h4-9,11-13H,10H2,1-3H3. The second-order valence-corrected chi connectivity index (χ2v) is 6.29. The summed E-state index contributed by atoms with van der Waals surface area (Å²) >= 11 is 0. The first-order chi connectivity index (χ1) is 12.7. The van der Waals surface area contributed by atoms with Gasteiger partial charge in [0.25, 0.3) is 0 Å². The topological polar surface area (TPSA) is 44.2 Å². The number of benzene rings is 2. The summed E-state index contributed by atoms with van der Waals surface area (Å²) in [6.07, 6.45) is 4.60. The second kappa shape index (κ2) is 6.64. The number of rotatable bonds is 4. The van der Waals surface area contributed by atoms with Crippen molar-refractivity contribution in [3.05, 3.63) is 71.7 Å². The van der Waals surface area contributed by atoms with Crippen LogP contribution >= 0.6 is 0 Å². The number of aryl methyl sites for hydroxylation is 1. The molecule has 0 aliphatic rings. The summed E-state index contributed by atoms with van der Waals surface area (Å²) in [6, 6.07) is 14.3. The number of hydrogen-bond donors (Lipinski definition) is 0. The normalized spacial score (nSPS) is 11.0. The minimum Gasteiger partial charge on any atom is -0.493 e. The first-order valence-electron chi connectivity index (χ1n) is 8.54. The molecule has 4 heteroatoms. The fourth-order valence-electron chi connectivity index (χ4n) is 3.41. The van der Waals surface area contributed by atoms with Crippen molar-refractivity contribution in [2.24, 2.45) is 0 Å². The molecule has 0 N–H and O–H groups in total. The molecular weight excluding hydrogens is 324 g/mol. The number of nitrogens with zero attached hydrogens (tertiary/aromatic N) is 2. The highest BCUT2D eigenvalue weighted by molar-refractivity contribution is 5.91. The van der Waals surface area contributed by atoms with Crippen LogP contribution in [0.5, 0.6) is 11.5 Å². The van der Waals surface area contributed by atoms with E-state index >= 15 is 0 Å². The van der Waals surface area contributed by atoms with Gasteiger partial charge in [0, 0.05) is 35.3 Å². The van der Waals surface area contributed by atoms with Crippen molar-refractivity contribution < 1.29 is 9.47 Å². The van der Waals surface area contributed by atoms with Crippen LogP contribution in [0.25, 0.3) is 21.7 Å². The van der Waals surface area contributed by atoms with E-state index in [1.165, 1.54) is 10.9 Å². The Labute approximate surface area is 152 Å². The molecule has 0 spiro atoms.